The maximum Gasteiger partial charge on any atom is 0.128 e. The van der Waals surface area contributed by atoms with E-state index < -0.39 is 5.82 Å². The van der Waals surface area contributed by atoms with E-state index in [1.165, 1.54) is 6.07 Å². The molecule has 0 spiro atoms. The van der Waals surface area contributed by atoms with Crippen molar-refractivity contribution in [2.75, 3.05) is 6.54 Å². The fourth-order valence-corrected chi connectivity index (χ4v) is 1.63. The highest BCUT2D eigenvalue weighted by Crippen LogP contribution is 2.17. The van der Waals surface area contributed by atoms with Crippen molar-refractivity contribution in [1.29, 1.82) is 0 Å². The number of halogens is 2. The lowest BCUT2D eigenvalue weighted by Crippen LogP contribution is -2.20. The summed E-state index contributed by atoms with van der Waals surface area (Å²) in [4.78, 5) is 0. The number of terminal acetylenes is 1. The highest BCUT2D eigenvalue weighted by molar-refractivity contribution is 5.21. The van der Waals surface area contributed by atoms with Crippen molar-refractivity contribution in [3.63, 3.8) is 0 Å². The largest absolute Gasteiger partial charge is 0.310 e. The third kappa shape index (κ3) is 4.54. The highest BCUT2D eigenvalue weighted by atomic mass is 19.1. The van der Waals surface area contributed by atoms with E-state index in [0.29, 0.717) is 5.56 Å². The van der Waals surface area contributed by atoms with E-state index in [4.69, 9.17) is 6.42 Å². The van der Waals surface area contributed by atoms with Gasteiger partial charge in [-0.05, 0) is 44.5 Å². The Hall–Kier alpha value is -1.40. The van der Waals surface area contributed by atoms with Gasteiger partial charge in [0.1, 0.15) is 11.6 Å². The van der Waals surface area contributed by atoms with Gasteiger partial charge in [0.25, 0.3) is 0 Å². The molecule has 3 heteroatoms. The fraction of sp³-hybridized carbons (Fsp3) is 0.429. The summed E-state index contributed by atoms with van der Waals surface area (Å²) >= 11 is 0. The second-order valence-electron chi connectivity index (χ2n) is 4.00. The Morgan fingerprint density at radius 1 is 1.35 bits per heavy atom. The molecule has 0 saturated heterocycles. The van der Waals surface area contributed by atoms with Crippen molar-refractivity contribution in [1.82, 2.24) is 5.32 Å². The average Bonchev–Trinajstić information content (AvgIpc) is 2.32. The Bertz CT molecular complexity index is 396. The zero-order valence-electron chi connectivity index (χ0n) is 9.97. The molecule has 0 radical (unpaired) electrons. The minimum absolute atomic E-state index is 0.198. The Balaban J connectivity index is 2.44. The Morgan fingerprint density at radius 2 is 2.12 bits per heavy atom. The first-order chi connectivity index (χ1) is 8.15. The van der Waals surface area contributed by atoms with Crippen molar-refractivity contribution in [3.8, 4) is 12.3 Å². The van der Waals surface area contributed by atoms with Crippen LogP contribution in [0.2, 0.25) is 0 Å². The Morgan fingerprint density at radius 3 is 2.82 bits per heavy atom. The van der Waals surface area contributed by atoms with E-state index in [1.807, 2.05) is 6.92 Å². The maximum absolute atomic E-state index is 13.4. The first-order valence-corrected chi connectivity index (χ1v) is 5.77. The van der Waals surface area contributed by atoms with E-state index in [9.17, 15) is 8.78 Å². The van der Waals surface area contributed by atoms with Crippen LogP contribution in [0, 0.1) is 24.0 Å². The molecule has 1 rings (SSSR count). The summed E-state index contributed by atoms with van der Waals surface area (Å²) in [6, 6.07) is 3.31. The molecule has 1 nitrogen and oxygen atoms in total. The van der Waals surface area contributed by atoms with Crippen molar-refractivity contribution in [2.45, 2.75) is 32.2 Å². The number of benzene rings is 1. The summed E-state index contributed by atoms with van der Waals surface area (Å²) in [5, 5.41) is 3.15. The summed E-state index contributed by atoms with van der Waals surface area (Å²) < 4.78 is 26.4. The first-order valence-electron chi connectivity index (χ1n) is 5.77. The van der Waals surface area contributed by atoms with Crippen LogP contribution in [0.15, 0.2) is 18.2 Å². The summed E-state index contributed by atoms with van der Waals surface area (Å²) in [6.45, 7) is 2.57. The van der Waals surface area contributed by atoms with Gasteiger partial charge in [0.15, 0.2) is 0 Å². The van der Waals surface area contributed by atoms with Crippen LogP contribution in [0.25, 0.3) is 0 Å². The summed E-state index contributed by atoms with van der Waals surface area (Å²) in [5.41, 5.74) is 0.363. The fourth-order valence-electron chi connectivity index (χ4n) is 1.63. The monoisotopic (exact) mass is 237 g/mol. The summed E-state index contributed by atoms with van der Waals surface area (Å²) in [7, 11) is 0. The molecule has 17 heavy (non-hydrogen) atoms. The topological polar surface area (TPSA) is 12.0 Å². The first kappa shape index (κ1) is 13.7. The molecule has 0 heterocycles. The molecule has 0 bridgehead atoms. The predicted octanol–water partition coefficient (Wildman–Crippen LogP) is 3.42. The van der Waals surface area contributed by atoms with Gasteiger partial charge in [-0.25, -0.2) is 8.78 Å². The van der Waals surface area contributed by atoms with Gasteiger partial charge in [0.05, 0.1) is 0 Å². The minimum atomic E-state index is -0.414. The molecular formula is C14H17F2N. The number of nitrogens with one attached hydrogen (secondary N) is 1. The van der Waals surface area contributed by atoms with Crippen LogP contribution in [0.3, 0.4) is 0 Å². The standard InChI is InChI=1S/C14H17F2N/c1-3-4-5-6-9-17-11(2)13-10-12(15)7-8-14(13)16/h1,7-8,10-11,17H,4-6,9H2,2H3. The molecule has 0 fully saturated rings. The molecule has 0 aliphatic carbocycles. The lowest BCUT2D eigenvalue weighted by molar-refractivity contribution is 0.509. The third-order valence-electron chi connectivity index (χ3n) is 2.62. The Kier molecular flexibility index (Phi) is 5.65. The highest BCUT2D eigenvalue weighted by Gasteiger charge is 2.10. The molecule has 0 aliphatic rings. The molecule has 0 saturated carbocycles. The molecule has 1 atom stereocenters. The lowest BCUT2D eigenvalue weighted by atomic mass is 10.1. The van der Waals surface area contributed by atoms with Gasteiger partial charge in [-0.1, -0.05) is 0 Å². The van der Waals surface area contributed by atoms with Crippen LogP contribution in [0.4, 0.5) is 8.78 Å². The Labute approximate surface area is 101 Å². The quantitative estimate of drug-likeness (QED) is 0.590. The lowest BCUT2D eigenvalue weighted by Gasteiger charge is -2.14. The summed E-state index contributed by atoms with van der Waals surface area (Å²) in [5.74, 6) is 1.77. The van der Waals surface area contributed by atoms with Gasteiger partial charge >= 0.3 is 0 Å². The van der Waals surface area contributed by atoms with Crippen molar-refractivity contribution in [2.24, 2.45) is 0 Å². The maximum atomic E-state index is 13.4. The van der Waals surface area contributed by atoms with Gasteiger partial charge in [-0.3, -0.25) is 0 Å². The number of rotatable bonds is 6. The molecular weight excluding hydrogens is 220 g/mol. The number of hydrogen-bond acceptors (Lipinski definition) is 1. The second kappa shape index (κ2) is 7.03. The van der Waals surface area contributed by atoms with Gasteiger partial charge in [-0.2, -0.15) is 0 Å². The van der Waals surface area contributed by atoms with E-state index in [-0.39, 0.29) is 11.9 Å². The zero-order chi connectivity index (χ0) is 12.7. The molecule has 0 amide bonds. The van der Waals surface area contributed by atoms with Crippen LogP contribution < -0.4 is 5.32 Å². The number of hydrogen-bond donors (Lipinski definition) is 1. The van der Waals surface area contributed by atoms with Crippen molar-refractivity contribution >= 4 is 0 Å². The van der Waals surface area contributed by atoms with E-state index >= 15 is 0 Å². The van der Waals surface area contributed by atoms with Gasteiger partial charge in [0.2, 0.25) is 0 Å². The molecule has 92 valence electrons. The van der Waals surface area contributed by atoms with Crippen LogP contribution in [0.5, 0.6) is 0 Å². The molecule has 1 aromatic rings. The zero-order valence-corrected chi connectivity index (χ0v) is 9.97. The van der Waals surface area contributed by atoms with Gasteiger partial charge < -0.3 is 5.32 Å². The molecule has 1 unspecified atom stereocenters. The molecule has 1 N–H and O–H groups in total. The number of unbranched alkanes of at least 4 members (excludes halogenated alkanes) is 2. The van der Waals surface area contributed by atoms with E-state index in [2.05, 4.69) is 11.2 Å². The molecule has 0 aliphatic heterocycles. The normalized spacial score (nSPS) is 12.1. The average molecular weight is 237 g/mol. The van der Waals surface area contributed by atoms with Crippen molar-refractivity contribution < 1.29 is 8.78 Å². The van der Waals surface area contributed by atoms with Gasteiger partial charge in [-0.15, -0.1) is 12.3 Å². The van der Waals surface area contributed by atoms with Crippen molar-refractivity contribution in [3.05, 3.63) is 35.4 Å². The smallest absolute Gasteiger partial charge is 0.128 e. The third-order valence-corrected chi connectivity index (χ3v) is 2.62. The van der Waals surface area contributed by atoms with Gasteiger partial charge in [0, 0.05) is 18.0 Å². The van der Waals surface area contributed by atoms with Crippen LogP contribution in [-0.2, 0) is 0 Å². The second-order valence-corrected chi connectivity index (χ2v) is 4.00. The molecule has 0 aromatic heterocycles. The van der Waals surface area contributed by atoms with E-state index in [0.717, 1.165) is 37.9 Å². The molecule has 1 aromatic carbocycles. The minimum Gasteiger partial charge on any atom is -0.310 e. The van der Waals surface area contributed by atoms with Crippen LogP contribution in [-0.4, -0.2) is 6.54 Å². The van der Waals surface area contributed by atoms with E-state index in [1.54, 1.807) is 0 Å². The van der Waals surface area contributed by atoms with Crippen LogP contribution >= 0.6 is 0 Å². The predicted molar refractivity (Wildman–Crippen MR) is 65.5 cm³/mol. The summed E-state index contributed by atoms with van der Waals surface area (Å²) in [6.07, 6.45) is 7.77. The van der Waals surface area contributed by atoms with Crippen LogP contribution in [0.1, 0.15) is 37.8 Å². The SMILES string of the molecule is C#CCCCCNC(C)c1cc(F)ccc1F.